The van der Waals surface area contributed by atoms with Gasteiger partial charge in [0.1, 0.15) is 0 Å². The zero-order chi connectivity index (χ0) is 13.4. The minimum Gasteiger partial charge on any atom is -0.360 e. The Labute approximate surface area is 123 Å². The van der Waals surface area contributed by atoms with Crippen LogP contribution in [0.25, 0.3) is 0 Å². The Balaban J connectivity index is 1.48. The van der Waals surface area contributed by atoms with Crippen molar-refractivity contribution in [3.8, 4) is 0 Å². The highest BCUT2D eigenvalue weighted by Crippen LogP contribution is 2.44. The van der Waals surface area contributed by atoms with E-state index in [0.29, 0.717) is 12.1 Å². The van der Waals surface area contributed by atoms with Crippen molar-refractivity contribution in [3.63, 3.8) is 0 Å². The van der Waals surface area contributed by atoms with Gasteiger partial charge in [-0.1, -0.05) is 33.1 Å². The van der Waals surface area contributed by atoms with Gasteiger partial charge in [0.2, 0.25) is 0 Å². The SMILES string of the molecule is C[C@@H]1[C@H](C)CCC[C@@H]1NC(=S)N[C@@H]1C[C@@H]2CC[C@@H]1C2. The van der Waals surface area contributed by atoms with E-state index in [-0.39, 0.29) is 0 Å². The third kappa shape index (κ3) is 2.91. The lowest BCUT2D eigenvalue weighted by Gasteiger charge is -2.36. The molecule has 0 heterocycles. The van der Waals surface area contributed by atoms with Crippen LogP contribution in [-0.4, -0.2) is 17.2 Å². The fraction of sp³-hybridized carbons (Fsp3) is 0.938. The largest absolute Gasteiger partial charge is 0.360 e. The summed E-state index contributed by atoms with van der Waals surface area (Å²) in [5, 5.41) is 8.14. The Kier molecular flexibility index (Phi) is 4.02. The third-order valence-electron chi connectivity index (χ3n) is 6.08. The Morgan fingerprint density at radius 1 is 0.947 bits per heavy atom. The van der Waals surface area contributed by atoms with Crippen molar-refractivity contribution < 1.29 is 0 Å². The summed E-state index contributed by atoms with van der Waals surface area (Å²) < 4.78 is 0. The van der Waals surface area contributed by atoms with E-state index in [0.717, 1.165) is 28.8 Å². The third-order valence-corrected chi connectivity index (χ3v) is 6.31. The second kappa shape index (κ2) is 5.59. The number of nitrogens with one attached hydrogen (secondary N) is 2. The fourth-order valence-electron chi connectivity index (χ4n) is 4.59. The normalized spacial score (nSPS) is 45.2. The van der Waals surface area contributed by atoms with E-state index in [1.807, 2.05) is 0 Å². The highest BCUT2D eigenvalue weighted by Gasteiger charge is 2.40. The molecule has 0 aliphatic heterocycles. The summed E-state index contributed by atoms with van der Waals surface area (Å²) in [5.74, 6) is 3.46. The van der Waals surface area contributed by atoms with Crippen LogP contribution in [0.1, 0.15) is 58.8 Å². The van der Waals surface area contributed by atoms with E-state index >= 15 is 0 Å². The highest BCUT2D eigenvalue weighted by molar-refractivity contribution is 7.80. The van der Waals surface area contributed by atoms with Crippen LogP contribution in [-0.2, 0) is 0 Å². The van der Waals surface area contributed by atoms with Gasteiger partial charge in [-0.2, -0.15) is 0 Å². The molecule has 3 saturated carbocycles. The van der Waals surface area contributed by atoms with Crippen molar-refractivity contribution in [3.05, 3.63) is 0 Å². The first kappa shape index (κ1) is 13.7. The molecule has 0 amide bonds. The predicted octanol–water partition coefficient (Wildman–Crippen LogP) is 3.46. The molecule has 108 valence electrons. The molecular formula is C16H28N2S. The maximum absolute atomic E-state index is 5.56. The molecule has 0 aromatic carbocycles. The second-order valence-corrected chi connectivity index (χ2v) is 7.68. The summed E-state index contributed by atoms with van der Waals surface area (Å²) in [4.78, 5) is 0. The van der Waals surface area contributed by atoms with Crippen molar-refractivity contribution in [2.45, 2.75) is 70.9 Å². The quantitative estimate of drug-likeness (QED) is 0.758. The molecule has 2 bridgehead atoms. The van der Waals surface area contributed by atoms with E-state index in [9.17, 15) is 0 Å². The van der Waals surface area contributed by atoms with Crippen LogP contribution in [0.15, 0.2) is 0 Å². The lowest BCUT2D eigenvalue weighted by atomic mass is 9.78. The zero-order valence-electron chi connectivity index (χ0n) is 12.3. The smallest absolute Gasteiger partial charge is 0.166 e. The Morgan fingerprint density at radius 2 is 1.74 bits per heavy atom. The van der Waals surface area contributed by atoms with Crippen LogP contribution in [0.4, 0.5) is 0 Å². The van der Waals surface area contributed by atoms with E-state index in [4.69, 9.17) is 12.2 Å². The van der Waals surface area contributed by atoms with Gasteiger partial charge < -0.3 is 10.6 Å². The minimum atomic E-state index is 0.586. The van der Waals surface area contributed by atoms with E-state index in [1.54, 1.807) is 0 Å². The van der Waals surface area contributed by atoms with Gasteiger partial charge in [-0.3, -0.25) is 0 Å². The lowest BCUT2D eigenvalue weighted by molar-refractivity contribution is 0.223. The van der Waals surface area contributed by atoms with Crippen molar-refractivity contribution in [2.75, 3.05) is 0 Å². The molecule has 0 spiro atoms. The van der Waals surface area contributed by atoms with Crippen molar-refractivity contribution in [1.29, 1.82) is 0 Å². The molecule has 3 rings (SSSR count). The first-order valence-corrected chi connectivity index (χ1v) is 8.61. The molecule has 0 saturated heterocycles. The zero-order valence-corrected chi connectivity index (χ0v) is 13.1. The average molecular weight is 280 g/mol. The summed E-state index contributed by atoms with van der Waals surface area (Å²) >= 11 is 5.56. The van der Waals surface area contributed by atoms with Crippen LogP contribution in [0.3, 0.4) is 0 Å². The topological polar surface area (TPSA) is 24.1 Å². The molecule has 0 radical (unpaired) electrons. The molecule has 0 unspecified atom stereocenters. The van der Waals surface area contributed by atoms with Gasteiger partial charge in [-0.15, -0.1) is 0 Å². The maximum atomic E-state index is 5.56. The Bertz CT molecular complexity index is 344. The number of rotatable bonds is 2. The standard InChI is InChI=1S/C16H28N2S/c1-10-4-3-5-14(11(10)2)17-16(19)18-15-9-12-6-7-13(15)8-12/h10-15H,3-9H2,1-2H3,(H2,17,18,19)/t10-,11-,12-,13-,14+,15-/m1/s1. The van der Waals surface area contributed by atoms with E-state index < -0.39 is 0 Å². The first-order chi connectivity index (χ1) is 9.13. The molecule has 0 aromatic rings. The molecule has 3 aliphatic carbocycles. The van der Waals surface area contributed by atoms with Gasteiger partial charge in [0.15, 0.2) is 5.11 Å². The monoisotopic (exact) mass is 280 g/mol. The number of hydrogen-bond donors (Lipinski definition) is 2. The summed E-state index contributed by atoms with van der Waals surface area (Å²) in [6, 6.07) is 1.25. The minimum absolute atomic E-state index is 0.586. The van der Waals surface area contributed by atoms with Crippen LogP contribution in [0.2, 0.25) is 0 Å². The van der Waals surface area contributed by atoms with Gasteiger partial charge in [0, 0.05) is 12.1 Å². The number of hydrogen-bond acceptors (Lipinski definition) is 1. The fourth-order valence-corrected chi connectivity index (χ4v) is 4.89. The van der Waals surface area contributed by atoms with Gasteiger partial charge in [-0.25, -0.2) is 0 Å². The lowest BCUT2D eigenvalue weighted by Crippen LogP contribution is -2.51. The number of fused-ring (bicyclic) bond motifs is 2. The highest BCUT2D eigenvalue weighted by atomic mass is 32.1. The van der Waals surface area contributed by atoms with Crippen molar-refractivity contribution >= 4 is 17.3 Å². The van der Waals surface area contributed by atoms with E-state index in [2.05, 4.69) is 24.5 Å². The maximum Gasteiger partial charge on any atom is 0.166 e. The van der Waals surface area contributed by atoms with Gasteiger partial charge in [0.25, 0.3) is 0 Å². The number of thiocarbonyl (C=S) groups is 1. The predicted molar refractivity (Wildman–Crippen MR) is 84.1 cm³/mol. The average Bonchev–Trinajstić information content (AvgIpc) is 2.97. The van der Waals surface area contributed by atoms with Gasteiger partial charge in [-0.05, 0) is 61.6 Å². The van der Waals surface area contributed by atoms with E-state index in [1.165, 1.54) is 44.9 Å². The van der Waals surface area contributed by atoms with Crippen LogP contribution in [0, 0.1) is 23.7 Å². The molecule has 3 heteroatoms. The van der Waals surface area contributed by atoms with Gasteiger partial charge >= 0.3 is 0 Å². The van der Waals surface area contributed by atoms with Crippen molar-refractivity contribution in [2.24, 2.45) is 23.7 Å². The molecule has 3 aliphatic rings. The summed E-state index contributed by atoms with van der Waals surface area (Å²) in [6.45, 7) is 4.76. The molecular weight excluding hydrogens is 252 g/mol. The summed E-state index contributed by atoms with van der Waals surface area (Å²) in [6.07, 6.45) is 9.68. The van der Waals surface area contributed by atoms with Gasteiger partial charge in [0.05, 0.1) is 0 Å². The van der Waals surface area contributed by atoms with Crippen LogP contribution >= 0.6 is 12.2 Å². The second-order valence-electron chi connectivity index (χ2n) is 7.27. The molecule has 3 fully saturated rings. The molecule has 19 heavy (non-hydrogen) atoms. The van der Waals surface area contributed by atoms with Crippen LogP contribution < -0.4 is 10.6 Å². The summed E-state index contributed by atoms with van der Waals surface area (Å²) in [5.41, 5.74) is 0. The molecule has 2 nitrogen and oxygen atoms in total. The molecule has 2 N–H and O–H groups in total. The Hall–Kier alpha value is -0.310. The summed E-state index contributed by atoms with van der Waals surface area (Å²) in [7, 11) is 0. The van der Waals surface area contributed by atoms with Crippen molar-refractivity contribution in [1.82, 2.24) is 10.6 Å². The Morgan fingerprint density at radius 3 is 2.42 bits per heavy atom. The molecule has 0 aromatic heterocycles. The first-order valence-electron chi connectivity index (χ1n) is 8.20. The molecule has 6 atom stereocenters. The van der Waals surface area contributed by atoms with Crippen LogP contribution in [0.5, 0.6) is 0 Å².